The Morgan fingerprint density at radius 1 is 1.26 bits per heavy atom. The van der Waals surface area contributed by atoms with Gasteiger partial charge in [0, 0.05) is 6.54 Å². The molecule has 2 heterocycles. The van der Waals surface area contributed by atoms with E-state index in [4.69, 9.17) is 9.15 Å². The van der Waals surface area contributed by atoms with E-state index in [0.717, 1.165) is 42.6 Å². The second kappa shape index (κ2) is 5.36. The van der Waals surface area contributed by atoms with Crippen molar-refractivity contribution in [2.45, 2.75) is 19.6 Å². The van der Waals surface area contributed by atoms with E-state index in [-0.39, 0.29) is 6.10 Å². The Bertz CT molecular complexity index is 551. The summed E-state index contributed by atoms with van der Waals surface area (Å²) in [4.78, 5) is 0. The van der Waals surface area contributed by atoms with Crippen LogP contribution in [0.4, 0.5) is 5.69 Å². The molecule has 1 aliphatic rings. The molecule has 1 aromatic carbocycles. The molecule has 0 bridgehead atoms. The van der Waals surface area contributed by atoms with Crippen LogP contribution in [0.15, 0.2) is 40.8 Å². The lowest BCUT2D eigenvalue weighted by Crippen LogP contribution is -2.39. The quantitative estimate of drug-likeness (QED) is 0.884. The summed E-state index contributed by atoms with van der Waals surface area (Å²) in [6, 6.07) is 12.0. The molecule has 100 valence electrons. The van der Waals surface area contributed by atoms with Crippen LogP contribution >= 0.6 is 0 Å². The molecular weight excluding hydrogens is 240 g/mol. The first-order valence-electron chi connectivity index (χ1n) is 6.57. The number of nitrogens with one attached hydrogen (secondary N) is 2. The Balaban J connectivity index is 1.50. The molecule has 1 aromatic heterocycles. The van der Waals surface area contributed by atoms with E-state index < -0.39 is 0 Å². The smallest absolute Gasteiger partial charge is 0.142 e. The molecule has 0 amide bonds. The van der Waals surface area contributed by atoms with E-state index in [1.165, 1.54) is 0 Å². The lowest BCUT2D eigenvalue weighted by Gasteiger charge is -2.27. The standard InChI is InChI=1S/C15H18N2O2/c1-11-6-7-12(18-11)8-16-9-13-10-17-14-4-2-3-5-15(14)19-13/h2-7,13,16-17H,8-10H2,1H3. The van der Waals surface area contributed by atoms with E-state index in [2.05, 4.69) is 10.6 Å². The predicted molar refractivity (Wildman–Crippen MR) is 74.5 cm³/mol. The van der Waals surface area contributed by atoms with Crippen LogP contribution in [0.2, 0.25) is 0 Å². The fraction of sp³-hybridized carbons (Fsp3) is 0.333. The van der Waals surface area contributed by atoms with Crippen LogP contribution in [-0.4, -0.2) is 19.2 Å². The van der Waals surface area contributed by atoms with Gasteiger partial charge in [0.25, 0.3) is 0 Å². The summed E-state index contributed by atoms with van der Waals surface area (Å²) in [6.45, 7) is 4.30. The van der Waals surface area contributed by atoms with Crippen molar-refractivity contribution < 1.29 is 9.15 Å². The van der Waals surface area contributed by atoms with Crippen LogP contribution < -0.4 is 15.4 Å². The van der Waals surface area contributed by atoms with Gasteiger partial charge in [0.2, 0.25) is 0 Å². The Morgan fingerprint density at radius 3 is 3.00 bits per heavy atom. The van der Waals surface area contributed by atoms with Gasteiger partial charge in [-0.2, -0.15) is 0 Å². The third kappa shape index (κ3) is 2.90. The van der Waals surface area contributed by atoms with Crippen LogP contribution in [0.5, 0.6) is 5.75 Å². The highest BCUT2D eigenvalue weighted by Gasteiger charge is 2.18. The van der Waals surface area contributed by atoms with Crippen LogP contribution in [0.3, 0.4) is 0 Å². The number of furan rings is 1. The van der Waals surface area contributed by atoms with Gasteiger partial charge >= 0.3 is 0 Å². The Labute approximate surface area is 112 Å². The number of ether oxygens (including phenoxy) is 1. The molecule has 2 N–H and O–H groups in total. The Morgan fingerprint density at radius 2 is 2.16 bits per heavy atom. The molecule has 1 unspecified atom stereocenters. The summed E-state index contributed by atoms with van der Waals surface area (Å²) in [5, 5.41) is 6.73. The van der Waals surface area contributed by atoms with E-state index in [1.54, 1.807) is 0 Å². The molecule has 0 aliphatic carbocycles. The monoisotopic (exact) mass is 258 g/mol. The molecule has 4 heteroatoms. The van der Waals surface area contributed by atoms with Crippen LogP contribution in [-0.2, 0) is 6.54 Å². The fourth-order valence-electron chi connectivity index (χ4n) is 2.21. The van der Waals surface area contributed by atoms with Gasteiger partial charge in [-0.05, 0) is 31.2 Å². The van der Waals surface area contributed by atoms with Gasteiger partial charge in [0.1, 0.15) is 23.4 Å². The van der Waals surface area contributed by atoms with E-state index in [9.17, 15) is 0 Å². The molecule has 19 heavy (non-hydrogen) atoms. The van der Waals surface area contributed by atoms with Gasteiger partial charge < -0.3 is 19.8 Å². The third-order valence-corrected chi connectivity index (χ3v) is 3.17. The first-order valence-corrected chi connectivity index (χ1v) is 6.57. The number of anilines is 1. The molecule has 3 rings (SSSR count). The van der Waals surface area contributed by atoms with Gasteiger partial charge in [-0.25, -0.2) is 0 Å². The van der Waals surface area contributed by atoms with Gasteiger partial charge in [-0.15, -0.1) is 0 Å². The number of hydrogen-bond acceptors (Lipinski definition) is 4. The number of fused-ring (bicyclic) bond motifs is 1. The van der Waals surface area contributed by atoms with Crippen molar-refractivity contribution in [1.29, 1.82) is 0 Å². The molecule has 1 atom stereocenters. The van der Waals surface area contributed by atoms with E-state index >= 15 is 0 Å². The lowest BCUT2D eigenvalue weighted by atomic mass is 10.2. The maximum absolute atomic E-state index is 5.92. The zero-order valence-corrected chi connectivity index (χ0v) is 11.0. The van der Waals surface area contributed by atoms with Gasteiger partial charge in [-0.3, -0.25) is 0 Å². The van der Waals surface area contributed by atoms with Crippen LogP contribution in [0.1, 0.15) is 11.5 Å². The molecular formula is C15H18N2O2. The summed E-state index contributed by atoms with van der Waals surface area (Å²) in [6.07, 6.45) is 0.144. The maximum atomic E-state index is 5.92. The summed E-state index contributed by atoms with van der Waals surface area (Å²) < 4.78 is 11.4. The van der Waals surface area contributed by atoms with Crippen LogP contribution in [0, 0.1) is 6.92 Å². The fourth-order valence-corrected chi connectivity index (χ4v) is 2.21. The minimum absolute atomic E-state index is 0.144. The first-order chi connectivity index (χ1) is 9.31. The molecule has 0 saturated carbocycles. The second-order valence-corrected chi connectivity index (χ2v) is 4.76. The van der Waals surface area contributed by atoms with E-state index in [1.807, 2.05) is 43.3 Å². The number of benzene rings is 1. The van der Waals surface area contributed by atoms with Crippen molar-refractivity contribution in [2.24, 2.45) is 0 Å². The molecule has 2 aromatic rings. The van der Waals surface area contributed by atoms with Crippen molar-refractivity contribution >= 4 is 5.69 Å². The summed E-state index contributed by atoms with van der Waals surface area (Å²) in [5.74, 6) is 2.83. The van der Waals surface area contributed by atoms with Crippen molar-refractivity contribution in [3.63, 3.8) is 0 Å². The largest absolute Gasteiger partial charge is 0.485 e. The summed E-state index contributed by atoms with van der Waals surface area (Å²) >= 11 is 0. The molecule has 0 radical (unpaired) electrons. The number of aryl methyl sites for hydroxylation is 1. The topological polar surface area (TPSA) is 46.4 Å². The number of hydrogen-bond donors (Lipinski definition) is 2. The van der Waals surface area contributed by atoms with Crippen molar-refractivity contribution in [1.82, 2.24) is 5.32 Å². The molecule has 0 spiro atoms. The highest BCUT2D eigenvalue weighted by atomic mass is 16.5. The van der Waals surface area contributed by atoms with Gasteiger partial charge in [-0.1, -0.05) is 12.1 Å². The zero-order valence-electron chi connectivity index (χ0n) is 11.0. The molecule has 0 fully saturated rings. The maximum Gasteiger partial charge on any atom is 0.142 e. The van der Waals surface area contributed by atoms with Crippen molar-refractivity contribution in [3.8, 4) is 5.75 Å². The summed E-state index contributed by atoms with van der Waals surface area (Å²) in [7, 11) is 0. The average molecular weight is 258 g/mol. The van der Waals surface area contributed by atoms with Gasteiger partial charge in [0.05, 0.1) is 18.8 Å². The van der Waals surface area contributed by atoms with E-state index in [0.29, 0.717) is 0 Å². The van der Waals surface area contributed by atoms with Crippen LogP contribution in [0.25, 0.3) is 0 Å². The lowest BCUT2D eigenvalue weighted by molar-refractivity contribution is 0.200. The third-order valence-electron chi connectivity index (χ3n) is 3.17. The Kier molecular flexibility index (Phi) is 3.42. The highest BCUT2D eigenvalue weighted by molar-refractivity contribution is 5.57. The molecule has 0 saturated heterocycles. The summed E-state index contributed by atoms with van der Waals surface area (Å²) in [5.41, 5.74) is 1.07. The van der Waals surface area contributed by atoms with Crippen molar-refractivity contribution in [2.75, 3.05) is 18.4 Å². The minimum Gasteiger partial charge on any atom is -0.485 e. The normalized spacial score (nSPS) is 17.4. The van der Waals surface area contributed by atoms with Crippen molar-refractivity contribution in [3.05, 3.63) is 47.9 Å². The predicted octanol–water partition coefficient (Wildman–Crippen LogP) is 2.55. The zero-order chi connectivity index (χ0) is 13.1. The molecule has 4 nitrogen and oxygen atoms in total. The highest BCUT2D eigenvalue weighted by Crippen LogP contribution is 2.27. The SMILES string of the molecule is Cc1ccc(CNCC2CNc3ccccc3O2)o1. The first kappa shape index (κ1) is 12.1. The number of para-hydroxylation sites is 2. The molecule has 1 aliphatic heterocycles. The average Bonchev–Trinajstić information content (AvgIpc) is 2.84. The van der Waals surface area contributed by atoms with Gasteiger partial charge in [0.15, 0.2) is 0 Å². The minimum atomic E-state index is 0.144. The Hall–Kier alpha value is -1.94. The second-order valence-electron chi connectivity index (χ2n) is 4.76. The number of rotatable bonds is 4.